The first-order valence-electron chi connectivity index (χ1n) is 7.01. The van der Waals surface area contributed by atoms with E-state index in [2.05, 4.69) is 0 Å². The molecule has 21 heavy (non-hydrogen) atoms. The van der Waals surface area contributed by atoms with E-state index in [1.165, 1.54) is 9.78 Å². The Morgan fingerprint density at radius 2 is 2.19 bits per heavy atom. The van der Waals surface area contributed by atoms with Gasteiger partial charge in [0, 0.05) is 11.4 Å². The van der Waals surface area contributed by atoms with Crippen molar-refractivity contribution >= 4 is 23.4 Å². The van der Waals surface area contributed by atoms with Crippen LogP contribution in [0.4, 0.5) is 4.79 Å². The molecule has 2 atom stereocenters. The van der Waals surface area contributed by atoms with Gasteiger partial charge in [0.05, 0.1) is 0 Å². The lowest BCUT2D eigenvalue weighted by Crippen LogP contribution is -2.43. The summed E-state index contributed by atoms with van der Waals surface area (Å²) in [6.45, 7) is 5.77. The van der Waals surface area contributed by atoms with E-state index in [4.69, 9.17) is 4.74 Å². The van der Waals surface area contributed by atoms with Crippen LogP contribution in [0.5, 0.6) is 0 Å². The van der Waals surface area contributed by atoms with Gasteiger partial charge >= 0.3 is 12.1 Å². The fourth-order valence-corrected chi connectivity index (χ4v) is 3.36. The lowest BCUT2D eigenvalue weighted by molar-refractivity contribution is -0.142. The number of rotatable bonds is 3. The van der Waals surface area contributed by atoms with Gasteiger partial charge in [-0.05, 0) is 51.0 Å². The summed E-state index contributed by atoms with van der Waals surface area (Å²) in [5.41, 5.74) is -0.619. The molecule has 1 amide bonds. The maximum Gasteiger partial charge on any atom is 0.411 e. The van der Waals surface area contributed by atoms with Crippen LogP contribution in [0, 0.1) is 5.92 Å². The lowest BCUT2D eigenvalue weighted by Gasteiger charge is -2.26. The van der Waals surface area contributed by atoms with E-state index >= 15 is 0 Å². The molecule has 1 aromatic heterocycles. The third-order valence-corrected chi connectivity index (χ3v) is 4.27. The number of carbonyl (C=O) groups is 2. The molecule has 1 aromatic rings. The first-order valence-corrected chi connectivity index (χ1v) is 7.89. The maximum absolute atomic E-state index is 12.2. The highest BCUT2D eigenvalue weighted by Gasteiger charge is 2.41. The molecule has 0 aliphatic carbocycles. The van der Waals surface area contributed by atoms with Crippen LogP contribution in [-0.4, -0.2) is 40.3 Å². The van der Waals surface area contributed by atoms with Crippen molar-refractivity contribution in [2.75, 3.05) is 6.54 Å². The smallest absolute Gasteiger partial charge is 0.411 e. The van der Waals surface area contributed by atoms with E-state index in [0.29, 0.717) is 13.0 Å². The molecule has 0 radical (unpaired) electrons. The number of aliphatic carboxylic acids is 1. The Balaban J connectivity index is 2.05. The van der Waals surface area contributed by atoms with Crippen LogP contribution in [0.15, 0.2) is 17.5 Å². The molecule has 2 heterocycles. The molecular formula is C15H21NO4S. The Morgan fingerprint density at radius 1 is 1.48 bits per heavy atom. The van der Waals surface area contributed by atoms with Crippen molar-refractivity contribution in [1.29, 1.82) is 0 Å². The van der Waals surface area contributed by atoms with Crippen molar-refractivity contribution in [3.8, 4) is 0 Å². The van der Waals surface area contributed by atoms with Gasteiger partial charge < -0.3 is 9.84 Å². The molecule has 6 heteroatoms. The normalized spacial score (nSPS) is 22.3. The van der Waals surface area contributed by atoms with Crippen molar-refractivity contribution in [3.63, 3.8) is 0 Å². The van der Waals surface area contributed by atoms with Crippen LogP contribution >= 0.6 is 11.3 Å². The first kappa shape index (κ1) is 15.8. The predicted molar refractivity (Wildman–Crippen MR) is 80.5 cm³/mol. The Morgan fingerprint density at radius 3 is 2.71 bits per heavy atom. The van der Waals surface area contributed by atoms with Crippen LogP contribution in [0.2, 0.25) is 0 Å². The van der Waals surface area contributed by atoms with Gasteiger partial charge in [-0.2, -0.15) is 0 Å². The van der Waals surface area contributed by atoms with E-state index in [1.807, 2.05) is 17.5 Å². The van der Waals surface area contributed by atoms with Gasteiger partial charge in [0.1, 0.15) is 11.6 Å². The zero-order valence-electron chi connectivity index (χ0n) is 12.5. The standard InChI is InChI=1S/C15H21NO4S/c1-15(2,3)20-14(19)16-9-10(8-12(16)13(17)18)7-11-5-4-6-21-11/h4-6,10,12H,7-9H2,1-3H3,(H,17,18)/t10-,12+/m0/s1. The SMILES string of the molecule is CC(C)(C)OC(=O)N1C[C@@H](Cc2cccs2)C[C@@H]1C(=O)O. The molecule has 1 N–H and O–H groups in total. The number of thiophene rings is 1. The second-order valence-corrected chi connectivity index (χ2v) is 7.40. The van der Waals surface area contributed by atoms with Gasteiger partial charge in [0.25, 0.3) is 0 Å². The predicted octanol–water partition coefficient (Wildman–Crippen LogP) is 3.00. The highest BCUT2D eigenvalue weighted by atomic mass is 32.1. The molecule has 0 aromatic carbocycles. The number of amides is 1. The summed E-state index contributed by atoms with van der Waals surface area (Å²) in [6.07, 6.45) is 0.747. The maximum atomic E-state index is 12.2. The Hall–Kier alpha value is -1.56. The van der Waals surface area contributed by atoms with Crippen molar-refractivity contribution in [3.05, 3.63) is 22.4 Å². The number of carboxylic acid groups (broad SMARTS) is 1. The second-order valence-electron chi connectivity index (χ2n) is 6.37. The molecule has 1 aliphatic heterocycles. The number of carboxylic acids is 1. The van der Waals surface area contributed by atoms with Gasteiger partial charge in [-0.25, -0.2) is 9.59 Å². The fraction of sp³-hybridized carbons (Fsp3) is 0.600. The molecule has 1 fully saturated rings. The third-order valence-electron chi connectivity index (χ3n) is 3.37. The third kappa shape index (κ3) is 4.20. The minimum Gasteiger partial charge on any atom is -0.480 e. The molecule has 2 rings (SSSR count). The summed E-state index contributed by atoms with van der Waals surface area (Å²) >= 11 is 1.66. The van der Waals surface area contributed by atoms with Crippen LogP contribution in [0.25, 0.3) is 0 Å². The molecule has 0 bridgehead atoms. The molecule has 1 saturated heterocycles. The summed E-state index contributed by atoms with van der Waals surface area (Å²) in [6, 6.07) is 3.23. The minimum atomic E-state index is -0.963. The molecule has 0 saturated carbocycles. The number of hydrogen-bond acceptors (Lipinski definition) is 4. The summed E-state index contributed by atoms with van der Waals surface area (Å²) in [5, 5.41) is 11.3. The van der Waals surface area contributed by atoms with Gasteiger partial charge in [-0.3, -0.25) is 4.90 Å². The Labute approximate surface area is 128 Å². The van der Waals surface area contributed by atoms with E-state index in [9.17, 15) is 14.7 Å². The Kier molecular flexibility index (Phi) is 4.56. The molecule has 5 nitrogen and oxygen atoms in total. The zero-order valence-corrected chi connectivity index (χ0v) is 13.4. The summed E-state index contributed by atoms with van der Waals surface area (Å²) in [7, 11) is 0. The first-order chi connectivity index (χ1) is 9.76. The summed E-state index contributed by atoms with van der Waals surface area (Å²) in [5.74, 6) is -0.799. The average molecular weight is 311 g/mol. The molecular weight excluding hydrogens is 290 g/mol. The van der Waals surface area contributed by atoms with Gasteiger partial charge in [0.15, 0.2) is 0 Å². The highest BCUT2D eigenvalue weighted by Crippen LogP contribution is 2.29. The van der Waals surface area contributed by atoms with Crippen molar-refractivity contribution < 1.29 is 19.4 Å². The van der Waals surface area contributed by atoms with E-state index in [1.54, 1.807) is 32.1 Å². The van der Waals surface area contributed by atoms with Crippen molar-refractivity contribution in [2.45, 2.75) is 45.3 Å². The van der Waals surface area contributed by atoms with E-state index in [-0.39, 0.29) is 5.92 Å². The second kappa shape index (κ2) is 6.05. The van der Waals surface area contributed by atoms with Crippen LogP contribution in [0.3, 0.4) is 0 Å². The lowest BCUT2D eigenvalue weighted by atomic mass is 10.0. The highest BCUT2D eigenvalue weighted by molar-refractivity contribution is 7.09. The zero-order chi connectivity index (χ0) is 15.6. The van der Waals surface area contributed by atoms with E-state index < -0.39 is 23.7 Å². The quantitative estimate of drug-likeness (QED) is 0.932. The van der Waals surface area contributed by atoms with Crippen LogP contribution in [0.1, 0.15) is 32.1 Å². The summed E-state index contributed by atoms with van der Waals surface area (Å²) < 4.78 is 5.31. The molecule has 1 aliphatic rings. The fourth-order valence-electron chi connectivity index (χ4n) is 2.54. The number of ether oxygens (including phenoxy) is 1. The van der Waals surface area contributed by atoms with Crippen molar-refractivity contribution in [2.24, 2.45) is 5.92 Å². The van der Waals surface area contributed by atoms with Crippen LogP contribution < -0.4 is 0 Å². The summed E-state index contributed by atoms with van der Waals surface area (Å²) in [4.78, 5) is 26.1. The molecule has 0 unspecified atom stereocenters. The monoisotopic (exact) mass is 311 g/mol. The Bertz CT molecular complexity index is 506. The molecule has 116 valence electrons. The number of likely N-dealkylation sites (tertiary alicyclic amines) is 1. The minimum absolute atomic E-state index is 0.164. The van der Waals surface area contributed by atoms with Crippen LogP contribution in [-0.2, 0) is 16.0 Å². The number of carbonyl (C=O) groups excluding carboxylic acids is 1. The molecule has 0 spiro atoms. The van der Waals surface area contributed by atoms with Gasteiger partial charge in [-0.1, -0.05) is 6.07 Å². The van der Waals surface area contributed by atoms with E-state index in [0.717, 1.165) is 6.42 Å². The number of nitrogens with zero attached hydrogens (tertiary/aromatic N) is 1. The topological polar surface area (TPSA) is 66.8 Å². The number of hydrogen-bond donors (Lipinski definition) is 1. The van der Waals surface area contributed by atoms with Crippen molar-refractivity contribution in [1.82, 2.24) is 4.90 Å². The van der Waals surface area contributed by atoms with Gasteiger partial charge in [0.2, 0.25) is 0 Å². The van der Waals surface area contributed by atoms with Gasteiger partial charge in [-0.15, -0.1) is 11.3 Å². The largest absolute Gasteiger partial charge is 0.480 e. The average Bonchev–Trinajstić information content (AvgIpc) is 2.96.